The Morgan fingerprint density at radius 1 is 0.519 bits per heavy atom. The molecule has 1 rings (SSSR count). The number of hydrogen-bond acceptors (Lipinski definition) is 1. The molecule has 0 saturated carbocycles. The van der Waals surface area contributed by atoms with Crippen molar-refractivity contribution in [3.05, 3.63) is 0 Å². The molecular formula is C26H53N. The zero-order valence-electron chi connectivity index (χ0n) is 19.3. The monoisotopic (exact) mass is 379 g/mol. The summed E-state index contributed by atoms with van der Waals surface area (Å²) < 4.78 is 0. The van der Waals surface area contributed by atoms with Crippen molar-refractivity contribution in [1.82, 2.24) is 4.90 Å². The highest BCUT2D eigenvalue weighted by Crippen LogP contribution is 2.24. The number of piperidine rings is 1. The topological polar surface area (TPSA) is 3.24 Å². The third-order valence-corrected chi connectivity index (χ3v) is 6.75. The Morgan fingerprint density at radius 2 is 0.926 bits per heavy atom. The van der Waals surface area contributed by atoms with Crippen molar-refractivity contribution in [2.45, 2.75) is 142 Å². The van der Waals surface area contributed by atoms with Crippen LogP contribution in [-0.2, 0) is 0 Å². The molecule has 0 unspecified atom stereocenters. The number of nitrogens with zero attached hydrogens (tertiary/aromatic N) is 1. The summed E-state index contributed by atoms with van der Waals surface area (Å²) in [6, 6.07) is 0. The van der Waals surface area contributed by atoms with Gasteiger partial charge in [-0.3, -0.25) is 0 Å². The molecule has 1 nitrogen and oxygen atoms in total. The zero-order chi connectivity index (χ0) is 19.4. The van der Waals surface area contributed by atoms with Crippen LogP contribution in [-0.4, -0.2) is 24.5 Å². The summed E-state index contributed by atoms with van der Waals surface area (Å²) in [4.78, 5) is 2.75. The van der Waals surface area contributed by atoms with Crippen LogP contribution in [0.5, 0.6) is 0 Å². The highest BCUT2D eigenvalue weighted by Gasteiger charge is 2.18. The van der Waals surface area contributed by atoms with E-state index in [1.165, 1.54) is 148 Å². The molecule has 1 aliphatic rings. The van der Waals surface area contributed by atoms with Crippen molar-refractivity contribution in [1.29, 1.82) is 0 Å². The van der Waals surface area contributed by atoms with Crippen molar-refractivity contribution in [2.24, 2.45) is 5.92 Å². The van der Waals surface area contributed by atoms with E-state index in [9.17, 15) is 0 Å². The molecule has 0 radical (unpaired) electrons. The van der Waals surface area contributed by atoms with Gasteiger partial charge < -0.3 is 4.90 Å². The van der Waals surface area contributed by atoms with Gasteiger partial charge in [0.25, 0.3) is 0 Å². The molecule has 1 heterocycles. The molecule has 162 valence electrons. The molecule has 1 fully saturated rings. The summed E-state index contributed by atoms with van der Waals surface area (Å²) in [5, 5.41) is 0. The molecule has 1 heteroatoms. The van der Waals surface area contributed by atoms with Gasteiger partial charge in [0.15, 0.2) is 0 Å². The van der Waals surface area contributed by atoms with Gasteiger partial charge in [-0.2, -0.15) is 0 Å². The van der Waals surface area contributed by atoms with E-state index in [-0.39, 0.29) is 0 Å². The predicted molar refractivity (Wildman–Crippen MR) is 124 cm³/mol. The van der Waals surface area contributed by atoms with Crippen LogP contribution in [0.15, 0.2) is 0 Å². The number of unbranched alkanes of at least 4 members (excludes halogenated alkanes) is 15. The second kappa shape index (κ2) is 19.3. The van der Waals surface area contributed by atoms with Gasteiger partial charge in [-0.15, -0.1) is 0 Å². The molecule has 0 atom stereocenters. The largest absolute Gasteiger partial charge is 0.303 e. The van der Waals surface area contributed by atoms with E-state index in [4.69, 9.17) is 0 Å². The molecule has 27 heavy (non-hydrogen) atoms. The number of likely N-dealkylation sites (tertiary alicyclic amines) is 1. The Kier molecular flexibility index (Phi) is 17.9. The first kappa shape index (κ1) is 25.0. The Bertz CT molecular complexity index is 280. The summed E-state index contributed by atoms with van der Waals surface area (Å²) in [5.74, 6) is 1.05. The van der Waals surface area contributed by atoms with Gasteiger partial charge in [0, 0.05) is 0 Å². The second-order valence-corrected chi connectivity index (χ2v) is 9.38. The minimum Gasteiger partial charge on any atom is -0.303 e. The summed E-state index contributed by atoms with van der Waals surface area (Å²) in [5.41, 5.74) is 0. The van der Waals surface area contributed by atoms with E-state index in [1.54, 1.807) is 0 Å². The van der Waals surface area contributed by atoms with Crippen molar-refractivity contribution in [3.63, 3.8) is 0 Å². The van der Waals surface area contributed by atoms with E-state index in [2.05, 4.69) is 18.7 Å². The fourth-order valence-corrected chi connectivity index (χ4v) is 4.71. The molecule has 0 aromatic rings. The molecule has 0 N–H and O–H groups in total. The van der Waals surface area contributed by atoms with Crippen LogP contribution in [0.25, 0.3) is 0 Å². The minimum atomic E-state index is 1.05. The Hall–Kier alpha value is -0.0400. The van der Waals surface area contributed by atoms with Crippen LogP contribution in [0.3, 0.4) is 0 Å². The zero-order valence-corrected chi connectivity index (χ0v) is 19.3. The van der Waals surface area contributed by atoms with Gasteiger partial charge in [0.2, 0.25) is 0 Å². The lowest BCUT2D eigenvalue weighted by Gasteiger charge is -2.32. The maximum Gasteiger partial charge on any atom is -0.00161 e. The van der Waals surface area contributed by atoms with E-state index < -0.39 is 0 Å². The van der Waals surface area contributed by atoms with Crippen LogP contribution in [0.4, 0.5) is 0 Å². The molecule has 0 aliphatic carbocycles. The SMILES string of the molecule is CCCCCCCCCCCCCC1CCN(CCCCCCCC)CC1. The number of rotatable bonds is 19. The van der Waals surface area contributed by atoms with Crippen molar-refractivity contribution in [3.8, 4) is 0 Å². The lowest BCUT2D eigenvalue weighted by Crippen LogP contribution is -2.34. The van der Waals surface area contributed by atoms with E-state index in [0.717, 1.165) is 5.92 Å². The molecule has 0 amide bonds. The normalized spacial score (nSPS) is 16.2. The summed E-state index contributed by atoms with van der Waals surface area (Å²) in [6.45, 7) is 8.76. The fraction of sp³-hybridized carbons (Fsp3) is 1.00. The quantitative estimate of drug-likeness (QED) is 0.203. The highest BCUT2D eigenvalue weighted by molar-refractivity contribution is 4.72. The first-order valence-corrected chi connectivity index (χ1v) is 13.1. The molecule has 1 aliphatic heterocycles. The predicted octanol–water partition coefficient (Wildman–Crippen LogP) is 8.76. The Morgan fingerprint density at radius 3 is 1.41 bits per heavy atom. The van der Waals surface area contributed by atoms with Gasteiger partial charge in [0.05, 0.1) is 0 Å². The second-order valence-electron chi connectivity index (χ2n) is 9.38. The Balaban J connectivity index is 1.81. The van der Waals surface area contributed by atoms with Crippen LogP contribution < -0.4 is 0 Å². The van der Waals surface area contributed by atoms with Gasteiger partial charge in [-0.1, -0.05) is 123 Å². The third-order valence-electron chi connectivity index (χ3n) is 6.75. The third kappa shape index (κ3) is 15.5. The van der Waals surface area contributed by atoms with E-state index in [1.807, 2.05) is 0 Å². The molecule has 0 aromatic heterocycles. The smallest absolute Gasteiger partial charge is 0.00161 e. The average Bonchev–Trinajstić information content (AvgIpc) is 2.70. The van der Waals surface area contributed by atoms with Gasteiger partial charge in [0.1, 0.15) is 0 Å². The summed E-state index contributed by atoms with van der Waals surface area (Å²) in [7, 11) is 0. The first-order chi connectivity index (χ1) is 13.4. The van der Waals surface area contributed by atoms with Crippen molar-refractivity contribution >= 4 is 0 Å². The molecule has 0 aromatic carbocycles. The van der Waals surface area contributed by atoms with Crippen LogP contribution >= 0.6 is 0 Å². The van der Waals surface area contributed by atoms with E-state index >= 15 is 0 Å². The van der Waals surface area contributed by atoms with E-state index in [0.29, 0.717) is 0 Å². The fourth-order valence-electron chi connectivity index (χ4n) is 4.71. The lowest BCUT2D eigenvalue weighted by atomic mass is 9.91. The van der Waals surface area contributed by atoms with Crippen molar-refractivity contribution < 1.29 is 0 Å². The van der Waals surface area contributed by atoms with Gasteiger partial charge in [-0.05, 0) is 44.8 Å². The maximum atomic E-state index is 2.75. The van der Waals surface area contributed by atoms with Gasteiger partial charge >= 0.3 is 0 Å². The molecular weight excluding hydrogens is 326 g/mol. The number of hydrogen-bond donors (Lipinski definition) is 0. The standard InChI is InChI=1S/C26H53N/c1-3-5-7-9-11-12-13-14-15-16-18-20-26-21-24-27(25-22-26)23-19-17-10-8-6-4-2/h26H,3-25H2,1-2H3. The van der Waals surface area contributed by atoms with Gasteiger partial charge in [-0.25, -0.2) is 0 Å². The van der Waals surface area contributed by atoms with Crippen LogP contribution in [0.1, 0.15) is 142 Å². The highest BCUT2D eigenvalue weighted by atomic mass is 15.1. The van der Waals surface area contributed by atoms with Crippen LogP contribution in [0, 0.1) is 5.92 Å². The minimum absolute atomic E-state index is 1.05. The average molecular weight is 380 g/mol. The Labute approximate surface area is 173 Å². The van der Waals surface area contributed by atoms with Crippen molar-refractivity contribution in [2.75, 3.05) is 19.6 Å². The molecule has 1 saturated heterocycles. The molecule has 0 bridgehead atoms. The molecule has 0 spiro atoms. The van der Waals surface area contributed by atoms with Crippen LogP contribution in [0.2, 0.25) is 0 Å². The summed E-state index contributed by atoms with van der Waals surface area (Å²) >= 11 is 0. The lowest BCUT2D eigenvalue weighted by molar-refractivity contribution is 0.174. The summed E-state index contributed by atoms with van der Waals surface area (Å²) in [6.07, 6.45) is 29.3. The first-order valence-electron chi connectivity index (χ1n) is 13.1. The maximum absolute atomic E-state index is 2.75.